The lowest BCUT2D eigenvalue weighted by Crippen LogP contribution is -2.33. The summed E-state index contributed by atoms with van der Waals surface area (Å²) in [6.07, 6.45) is -4.20. The average molecular weight is 249 g/mol. The molecule has 0 saturated carbocycles. The predicted octanol–water partition coefficient (Wildman–Crippen LogP) is 0.992. The molecule has 96 valence electrons. The highest BCUT2D eigenvalue weighted by Gasteiger charge is 2.26. The average Bonchev–Trinajstić information content (AvgIpc) is 2.42. The van der Waals surface area contributed by atoms with Crippen molar-refractivity contribution >= 4 is 5.78 Å². The van der Waals surface area contributed by atoms with Gasteiger partial charge in [0, 0.05) is 19.2 Å². The van der Waals surface area contributed by atoms with E-state index in [4.69, 9.17) is 0 Å². The van der Waals surface area contributed by atoms with Crippen LogP contribution >= 0.6 is 0 Å². The molecule has 17 heavy (non-hydrogen) atoms. The highest BCUT2D eigenvalue weighted by atomic mass is 19.4. The third kappa shape index (κ3) is 4.99. The smallest absolute Gasteiger partial charge is 0.302 e. The first-order chi connectivity index (χ1) is 7.78. The van der Waals surface area contributed by atoms with Crippen molar-refractivity contribution in [2.45, 2.75) is 19.5 Å². The topological polar surface area (TPSA) is 46.9 Å². The fourth-order valence-corrected chi connectivity index (χ4v) is 1.44. The molecule has 0 spiro atoms. The highest BCUT2D eigenvalue weighted by molar-refractivity contribution is 5.82. The minimum absolute atomic E-state index is 0.0855. The van der Waals surface area contributed by atoms with Gasteiger partial charge < -0.3 is 5.32 Å². The van der Waals surface area contributed by atoms with Gasteiger partial charge in [0.15, 0.2) is 5.78 Å². The Kier molecular flexibility index (Phi) is 4.28. The number of nitrogens with zero attached hydrogens (tertiary/aromatic N) is 2. The van der Waals surface area contributed by atoms with E-state index in [-0.39, 0.29) is 18.7 Å². The zero-order valence-corrected chi connectivity index (χ0v) is 9.64. The van der Waals surface area contributed by atoms with E-state index >= 15 is 0 Å². The molecule has 0 aliphatic heterocycles. The van der Waals surface area contributed by atoms with Crippen molar-refractivity contribution in [2.24, 2.45) is 7.05 Å². The lowest BCUT2D eigenvalue weighted by molar-refractivity contribution is -0.127. The SMILES string of the molecule is Cc1cc(CC(=O)CNCC(F)(F)F)n(C)n1. The largest absolute Gasteiger partial charge is 0.401 e. The fourth-order valence-electron chi connectivity index (χ4n) is 1.44. The van der Waals surface area contributed by atoms with Gasteiger partial charge in [-0.1, -0.05) is 0 Å². The van der Waals surface area contributed by atoms with Crippen LogP contribution in [0.15, 0.2) is 6.07 Å². The standard InChI is InChI=1S/C10H14F3N3O/c1-7-3-8(16(2)15-7)4-9(17)5-14-6-10(11,12)13/h3,14H,4-6H2,1-2H3. The maximum absolute atomic E-state index is 11.8. The number of nitrogens with one attached hydrogen (secondary N) is 1. The number of hydrogen-bond donors (Lipinski definition) is 1. The Morgan fingerprint density at radius 1 is 1.53 bits per heavy atom. The van der Waals surface area contributed by atoms with E-state index in [1.807, 2.05) is 0 Å². The summed E-state index contributed by atoms with van der Waals surface area (Å²) in [6, 6.07) is 1.74. The second-order valence-electron chi connectivity index (χ2n) is 3.83. The number of carbonyl (C=O) groups is 1. The number of alkyl halides is 3. The molecular weight excluding hydrogens is 235 g/mol. The molecule has 0 atom stereocenters. The Bertz CT molecular complexity index is 398. The third-order valence-electron chi connectivity index (χ3n) is 2.12. The Hall–Kier alpha value is -1.37. The van der Waals surface area contributed by atoms with Gasteiger partial charge in [-0.15, -0.1) is 0 Å². The molecule has 0 amide bonds. The molecule has 0 aliphatic carbocycles. The molecule has 0 radical (unpaired) electrons. The van der Waals surface area contributed by atoms with Gasteiger partial charge in [-0.2, -0.15) is 18.3 Å². The van der Waals surface area contributed by atoms with Crippen LogP contribution < -0.4 is 5.32 Å². The van der Waals surface area contributed by atoms with Crippen LogP contribution in [-0.4, -0.2) is 34.8 Å². The first-order valence-electron chi connectivity index (χ1n) is 5.06. The molecule has 1 N–H and O–H groups in total. The van der Waals surface area contributed by atoms with Crippen molar-refractivity contribution in [2.75, 3.05) is 13.1 Å². The number of rotatable bonds is 5. The highest BCUT2D eigenvalue weighted by Crippen LogP contribution is 2.12. The van der Waals surface area contributed by atoms with Crippen LogP contribution in [0.3, 0.4) is 0 Å². The molecule has 0 bridgehead atoms. The monoisotopic (exact) mass is 249 g/mol. The summed E-state index contributed by atoms with van der Waals surface area (Å²) in [7, 11) is 1.69. The van der Waals surface area contributed by atoms with E-state index < -0.39 is 12.7 Å². The number of carbonyl (C=O) groups excluding carboxylic acids is 1. The molecule has 1 heterocycles. The van der Waals surface area contributed by atoms with Crippen LogP contribution in [0.4, 0.5) is 13.2 Å². The number of Topliss-reactive ketones (excluding diaryl/α,β-unsaturated/α-hetero) is 1. The van der Waals surface area contributed by atoms with Crippen LogP contribution in [0.25, 0.3) is 0 Å². The molecule has 1 rings (SSSR count). The number of halogens is 3. The summed E-state index contributed by atoms with van der Waals surface area (Å²) in [5.74, 6) is -0.294. The van der Waals surface area contributed by atoms with Crippen molar-refractivity contribution in [3.63, 3.8) is 0 Å². The van der Waals surface area contributed by atoms with Crippen LogP contribution in [-0.2, 0) is 18.3 Å². The van der Waals surface area contributed by atoms with E-state index in [2.05, 4.69) is 10.4 Å². The number of aryl methyl sites for hydroxylation is 2. The minimum atomic E-state index is -4.29. The molecule has 0 fully saturated rings. The van der Waals surface area contributed by atoms with E-state index in [0.29, 0.717) is 5.69 Å². The Morgan fingerprint density at radius 3 is 2.65 bits per heavy atom. The first kappa shape index (κ1) is 13.7. The molecule has 0 aromatic carbocycles. The predicted molar refractivity (Wildman–Crippen MR) is 55.6 cm³/mol. The van der Waals surface area contributed by atoms with Crippen LogP contribution in [0.2, 0.25) is 0 Å². The zero-order chi connectivity index (χ0) is 13.1. The van der Waals surface area contributed by atoms with E-state index in [0.717, 1.165) is 5.69 Å². The van der Waals surface area contributed by atoms with Crippen molar-refractivity contribution in [3.8, 4) is 0 Å². The van der Waals surface area contributed by atoms with Gasteiger partial charge in [-0.25, -0.2) is 0 Å². The Labute approximate surface area is 96.8 Å². The van der Waals surface area contributed by atoms with E-state index in [1.165, 1.54) is 0 Å². The summed E-state index contributed by atoms with van der Waals surface area (Å²) in [5.41, 5.74) is 1.47. The van der Waals surface area contributed by atoms with Gasteiger partial charge >= 0.3 is 6.18 Å². The van der Waals surface area contributed by atoms with Crippen molar-refractivity contribution in [1.29, 1.82) is 0 Å². The summed E-state index contributed by atoms with van der Waals surface area (Å²) in [6.45, 7) is 0.350. The van der Waals surface area contributed by atoms with Crippen molar-refractivity contribution < 1.29 is 18.0 Å². The lowest BCUT2D eigenvalue weighted by Gasteiger charge is -2.07. The molecule has 1 aromatic rings. The number of aromatic nitrogens is 2. The van der Waals surface area contributed by atoms with E-state index in [9.17, 15) is 18.0 Å². The van der Waals surface area contributed by atoms with Gasteiger partial charge in [0.05, 0.1) is 18.8 Å². The van der Waals surface area contributed by atoms with Crippen LogP contribution in [0, 0.1) is 6.92 Å². The second-order valence-corrected chi connectivity index (χ2v) is 3.83. The van der Waals surface area contributed by atoms with Crippen molar-refractivity contribution in [3.05, 3.63) is 17.5 Å². The molecule has 0 saturated heterocycles. The summed E-state index contributed by atoms with van der Waals surface area (Å²) < 4.78 is 37.0. The first-order valence-corrected chi connectivity index (χ1v) is 5.06. The van der Waals surface area contributed by atoms with Crippen LogP contribution in [0.1, 0.15) is 11.4 Å². The fraction of sp³-hybridized carbons (Fsp3) is 0.600. The Morgan fingerprint density at radius 2 is 2.18 bits per heavy atom. The molecule has 1 aromatic heterocycles. The quantitative estimate of drug-likeness (QED) is 0.846. The van der Waals surface area contributed by atoms with Crippen LogP contribution in [0.5, 0.6) is 0 Å². The van der Waals surface area contributed by atoms with Crippen molar-refractivity contribution in [1.82, 2.24) is 15.1 Å². The summed E-state index contributed by atoms with van der Waals surface area (Å²) in [4.78, 5) is 11.4. The van der Waals surface area contributed by atoms with Gasteiger partial charge in [-0.3, -0.25) is 9.48 Å². The maximum atomic E-state index is 11.8. The maximum Gasteiger partial charge on any atom is 0.401 e. The summed E-state index contributed by atoms with van der Waals surface area (Å²) >= 11 is 0. The van der Waals surface area contributed by atoms with Gasteiger partial charge in [-0.05, 0) is 13.0 Å². The normalized spacial score (nSPS) is 11.8. The molecule has 4 nitrogen and oxygen atoms in total. The zero-order valence-electron chi connectivity index (χ0n) is 9.64. The lowest BCUT2D eigenvalue weighted by atomic mass is 10.2. The number of hydrogen-bond acceptors (Lipinski definition) is 3. The molecular formula is C10H14F3N3O. The third-order valence-corrected chi connectivity index (χ3v) is 2.12. The van der Waals surface area contributed by atoms with Gasteiger partial charge in [0.2, 0.25) is 0 Å². The molecule has 0 unspecified atom stereocenters. The number of ketones is 1. The molecule has 0 aliphatic rings. The Balaban J connectivity index is 2.38. The molecule has 7 heteroatoms. The van der Waals surface area contributed by atoms with E-state index in [1.54, 1.807) is 24.7 Å². The van der Waals surface area contributed by atoms with Gasteiger partial charge in [0.1, 0.15) is 0 Å². The van der Waals surface area contributed by atoms with Gasteiger partial charge in [0.25, 0.3) is 0 Å². The minimum Gasteiger partial charge on any atom is -0.302 e. The second kappa shape index (κ2) is 5.31. The summed E-state index contributed by atoms with van der Waals surface area (Å²) in [5, 5.41) is 6.12.